The first-order valence-electron chi connectivity index (χ1n) is 9.48. The Bertz CT molecular complexity index is 1080. The van der Waals surface area contributed by atoms with Crippen molar-refractivity contribution in [2.75, 3.05) is 14.2 Å². The number of hydrogen-bond donors (Lipinski definition) is 0. The van der Waals surface area contributed by atoms with Crippen LogP contribution in [0.1, 0.15) is 27.8 Å². The van der Waals surface area contributed by atoms with E-state index in [1.165, 1.54) is 18.9 Å². The van der Waals surface area contributed by atoms with Gasteiger partial charge in [0.2, 0.25) is 6.10 Å². The summed E-state index contributed by atoms with van der Waals surface area (Å²) in [7, 11) is 4.10. The minimum atomic E-state index is -1.39. The predicted molar refractivity (Wildman–Crippen MR) is 111 cm³/mol. The lowest BCUT2D eigenvalue weighted by molar-refractivity contribution is -0.151. The van der Waals surface area contributed by atoms with E-state index in [2.05, 4.69) is 5.10 Å². The van der Waals surface area contributed by atoms with E-state index in [1.54, 1.807) is 37.4 Å². The Morgan fingerprint density at radius 2 is 1.55 bits per heavy atom. The zero-order valence-corrected chi connectivity index (χ0v) is 17.4. The molecule has 8 nitrogen and oxygen atoms in total. The Morgan fingerprint density at radius 3 is 2.13 bits per heavy atom. The van der Waals surface area contributed by atoms with Crippen molar-refractivity contribution >= 4 is 17.9 Å². The van der Waals surface area contributed by atoms with Crippen LogP contribution in [-0.4, -0.2) is 41.9 Å². The molecular formula is C23H22N2O6. The first-order chi connectivity index (χ1) is 15.0. The van der Waals surface area contributed by atoms with Gasteiger partial charge < -0.3 is 14.2 Å². The van der Waals surface area contributed by atoms with Gasteiger partial charge in [0.15, 0.2) is 0 Å². The average Bonchev–Trinajstić information content (AvgIpc) is 3.12. The second-order valence-corrected chi connectivity index (χ2v) is 6.62. The molecule has 0 spiro atoms. The van der Waals surface area contributed by atoms with E-state index in [1.807, 2.05) is 30.3 Å². The monoisotopic (exact) mass is 422 g/mol. The lowest BCUT2D eigenvalue weighted by atomic mass is 9.98. The predicted octanol–water partition coefficient (Wildman–Crippen LogP) is 2.87. The van der Waals surface area contributed by atoms with Gasteiger partial charge >= 0.3 is 17.9 Å². The average molecular weight is 422 g/mol. The lowest BCUT2D eigenvalue weighted by Crippen LogP contribution is -2.24. The van der Waals surface area contributed by atoms with Crippen LogP contribution < -0.4 is 0 Å². The maximum absolute atomic E-state index is 12.7. The second kappa shape index (κ2) is 9.71. The number of nitrogens with zero attached hydrogens (tertiary/aromatic N) is 2. The third kappa shape index (κ3) is 4.80. The molecule has 3 aromatic rings. The first-order valence-corrected chi connectivity index (χ1v) is 9.48. The fourth-order valence-corrected chi connectivity index (χ4v) is 3.22. The summed E-state index contributed by atoms with van der Waals surface area (Å²) >= 11 is 0. The van der Waals surface area contributed by atoms with Crippen molar-refractivity contribution in [1.29, 1.82) is 0 Å². The summed E-state index contributed by atoms with van der Waals surface area (Å²) in [5.41, 5.74) is 2.18. The normalized spacial score (nSPS) is 11.5. The molecule has 0 N–H and O–H groups in total. The Hall–Kier alpha value is -3.94. The molecule has 160 valence electrons. The molecule has 0 radical (unpaired) electrons. The van der Waals surface area contributed by atoms with E-state index in [-0.39, 0.29) is 12.0 Å². The summed E-state index contributed by atoms with van der Waals surface area (Å²) in [5, 5.41) is 4.41. The number of aromatic nitrogens is 2. The second-order valence-electron chi connectivity index (χ2n) is 6.62. The van der Waals surface area contributed by atoms with E-state index in [0.717, 1.165) is 0 Å². The fraction of sp³-hybridized carbons (Fsp3) is 0.217. The molecule has 31 heavy (non-hydrogen) atoms. The minimum Gasteiger partial charge on any atom is -0.469 e. The summed E-state index contributed by atoms with van der Waals surface area (Å²) in [6.07, 6.45) is -1.51. The summed E-state index contributed by atoms with van der Waals surface area (Å²) in [6.45, 7) is 0. The van der Waals surface area contributed by atoms with Crippen molar-refractivity contribution in [2.24, 2.45) is 7.05 Å². The van der Waals surface area contributed by atoms with Crippen LogP contribution in [0.4, 0.5) is 0 Å². The van der Waals surface area contributed by atoms with Crippen LogP contribution in [-0.2, 0) is 37.3 Å². The third-order valence-electron chi connectivity index (χ3n) is 4.66. The van der Waals surface area contributed by atoms with Gasteiger partial charge in [0, 0.05) is 12.6 Å². The van der Waals surface area contributed by atoms with Gasteiger partial charge in [-0.2, -0.15) is 5.10 Å². The quantitative estimate of drug-likeness (QED) is 0.427. The summed E-state index contributed by atoms with van der Waals surface area (Å²) in [4.78, 5) is 37.3. The van der Waals surface area contributed by atoms with E-state index in [4.69, 9.17) is 14.2 Å². The van der Waals surface area contributed by atoms with Gasteiger partial charge in [-0.15, -0.1) is 0 Å². The number of ether oxygens (including phenoxy) is 3. The van der Waals surface area contributed by atoms with Crippen molar-refractivity contribution in [3.8, 4) is 11.1 Å². The van der Waals surface area contributed by atoms with Gasteiger partial charge in [0.05, 0.1) is 37.6 Å². The SMILES string of the molecule is COC(=O)Cc1nn(C)c(C(OC(=O)c2ccccc2)C(=O)OC)c1-c1ccccc1. The molecule has 3 rings (SSSR count). The highest BCUT2D eigenvalue weighted by molar-refractivity contribution is 5.92. The summed E-state index contributed by atoms with van der Waals surface area (Å²) in [5.74, 6) is -1.95. The fourth-order valence-electron chi connectivity index (χ4n) is 3.22. The number of carbonyl (C=O) groups excluding carboxylic acids is 3. The molecule has 0 aliphatic rings. The molecule has 2 aromatic carbocycles. The Balaban J connectivity index is 2.13. The molecule has 1 heterocycles. The van der Waals surface area contributed by atoms with Gasteiger partial charge in [-0.05, 0) is 17.7 Å². The van der Waals surface area contributed by atoms with Crippen molar-refractivity contribution in [1.82, 2.24) is 9.78 Å². The number of aryl methyl sites for hydroxylation is 1. The summed E-state index contributed by atoms with van der Waals surface area (Å²) in [6, 6.07) is 17.4. The van der Waals surface area contributed by atoms with Crippen molar-refractivity contribution in [3.63, 3.8) is 0 Å². The number of hydrogen-bond acceptors (Lipinski definition) is 7. The molecule has 0 fully saturated rings. The molecule has 0 saturated heterocycles. The van der Waals surface area contributed by atoms with Crippen LogP contribution in [0.5, 0.6) is 0 Å². The van der Waals surface area contributed by atoms with Gasteiger partial charge in [0.1, 0.15) is 0 Å². The first kappa shape index (κ1) is 21.8. The highest BCUT2D eigenvalue weighted by atomic mass is 16.6. The van der Waals surface area contributed by atoms with Crippen LogP contribution in [0, 0.1) is 0 Å². The highest BCUT2D eigenvalue weighted by Crippen LogP contribution is 2.34. The number of esters is 3. The third-order valence-corrected chi connectivity index (χ3v) is 4.66. The van der Waals surface area contributed by atoms with Crippen molar-refractivity contribution < 1.29 is 28.6 Å². The van der Waals surface area contributed by atoms with Crippen LogP contribution in [0.25, 0.3) is 11.1 Å². The van der Waals surface area contributed by atoms with E-state index in [9.17, 15) is 14.4 Å². The Morgan fingerprint density at radius 1 is 0.935 bits per heavy atom. The van der Waals surface area contributed by atoms with Crippen LogP contribution in [0.3, 0.4) is 0 Å². The lowest BCUT2D eigenvalue weighted by Gasteiger charge is -2.18. The molecule has 0 amide bonds. The van der Waals surface area contributed by atoms with Crippen LogP contribution in [0.2, 0.25) is 0 Å². The Labute approximate surface area is 179 Å². The molecule has 8 heteroatoms. The molecule has 0 aliphatic carbocycles. The molecule has 0 bridgehead atoms. The van der Waals surface area contributed by atoms with Gasteiger partial charge in [0.25, 0.3) is 0 Å². The largest absolute Gasteiger partial charge is 0.469 e. The van der Waals surface area contributed by atoms with Crippen molar-refractivity contribution in [3.05, 3.63) is 77.6 Å². The van der Waals surface area contributed by atoms with Crippen LogP contribution in [0.15, 0.2) is 60.7 Å². The number of benzene rings is 2. The molecular weight excluding hydrogens is 400 g/mol. The van der Waals surface area contributed by atoms with Gasteiger partial charge in [-0.3, -0.25) is 9.48 Å². The molecule has 1 unspecified atom stereocenters. The molecule has 0 saturated carbocycles. The van der Waals surface area contributed by atoms with Gasteiger partial charge in [-0.1, -0.05) is 48.5 Å². The minimum absolute atomic E-state index is 0.116. The maximum atomic E-state index is 12.7. The summed E-state index contributed by atoms with van der Waals surface area (Å²) < 4.78 is 16.7. The zero-order chi connectivity index (χ0) is 22.4. The number of rotatable bonds is 7. The topological polar surface area (TPSA) is 96.7 Å². The van der Waals surface area contributed by atoms with Crippen molar-refractivity contribution in [2.45, 2.75) is 12.5 Å². The zero-order valence-electron chi connectivity index (χ0n) is 17.4. The molecule has 1 aromatic heterocycles. The van der Waals surface area contributed by atoms with Crippen LogP contribution >= 0.6 is 0 Å². The Kier molecular flexibility index (Phi) is 6.81. The van der Waals surface area contributed by atoms with Gasteiger partial charge in [-0.25, -0.2) is 9.59 Å². The smallest absolute Gasteiger partial charge is 0.353 e. The maximum Gasteiger partial charge on any atom is 0.353 e. The van der Waals surface area contributed by atoms with E-state index < -0.39 is 24.0 Å². The molecule has 1 atom stereocenters. The number of methoxy groups -OCH3 is 2. The molecule has 0 aliphatic heterocycles. The standard InChI is InChI=1S/C23H22N2O6/c1-25-20(21(23(28)30-3)31-22(27)16-12-8-5-9-13-16)19(15-10-6-4-7-11-15)17(24-25)14-18(26)29-2/h4-13,21H,14H2,1-3H3. The van der Waals surface area contributed by atoms with E-state index >= 15 is 0 Å². The highest BCUT2D eigenvalue weighted by Gasteiger charge is 2.34. The van der Waals surface area contributed by atoms with E-state index in [0.29, 0.717) is 22.5 Å². The number of carbonyl (C=O) groups is 3.